The maximum Gasteiger partial charge on any atom is 0.343 e. The van der Waals surface area contributed by atoms with E-state index in [1.165, 1.54) is 7.11 Å². The molecule has 7 nitrogen and oxygen atoms in total. The van der Waals surface area contributed by atoms with Crippen molar-refractivity contribution in [3.63, 3.8) is 0 Å². The number of aromatic nitrogens is 1. The van der Waals surface area contributed by atoms with Gasteiger partial charge in [0.15, 0.2) is 6.61 Å². The average molecular weight is 442 g/mol. The van der Waals surface area contributed by atoms with Gasteiger partial charge in [0.25, 0.3) is 5.91 Å². The molecule has 0 radical (unpaired) electrons. The standard InChI is InChI=1S/C26H22N2O5/c1-31-20-11-8-18(9-12-20)26(30)27-19-10-13-22-21(14-19)24(33-16-25(29)32-2)15-23(28-22)17-6-4-3-5-7-17/h3-15H,16H2,1-2H3,(H,27,30). The lowest BCUT2D eigenvalue weighted by atomic mass is 10.1. The third-order valence-corrected chi connectivity index (χ3v) is 5.02. The van der Waals surface area contributed by atoms with Gasteiger partial charge in [-0.25, -0.2) is 9.78 Å². The number of nitrogens with one attached hydrogen (secondary N) is 1. The summed E-state index contributed by atoms with van der Waals surface area (Å²) in [6.07, 6.45) is 0. The molecule has 0 fully saturated rings. The fourth-order valence-corrected chi connectivity index (χ4v) is 3.29. The number of fused-ring (bicyclic) bond motifs is 1. The van der Waals surface area contributed by atoms with Gasteiger partial charge in [0.05, 0.1) is 25.4 Å². The first-order chi connectivity index (χ1) is 16.1. The largest absolute Gasteiger partial charge is 0.497 e. The Labute approximate surface area is 190 Å². The molecule has 0 spiro atoms. The fourth-order valence-electron chi connectivity index (χ4n) is 3.29. The number of ether oxygens (including phenoxy) is 3. The quantitative estimate of drug-likeness (QED) is 0.417. The Bertz CT molecular complexity index is 1290. The van der Waals surface area contributed by atoms with E-state index in [0.717, 1.165) is 5.56 Å². The minimum Gasteiger partial charge on any atom is -0.497 e. The van der Waals surface area contributed by atoms with Crippen LogP contribution in [0.25, 0.3) is 22.2 Å². The Hall–Kier alpha value is -4.39. The fraction of sp³-hybridized carbons (Fsp3) is 0.115. The highest BCUT2D eigenvalue weighted by atomic mass is 16.6. The van der Waals surface area contributed by atoms with E-state index in [-0.39, 0.29) is 12.5 Å². The van der Waals surface area contributed by atoms with E-state index in [1.54, 1.807) is 55.6 Å². The number of esters is 1. The van der Waals surface area contributed by atoms with Gasteiger partial charge in [-0.2, -0.15) is 0 Å². The van der Waals surface area contributed by atoms with Crippen LogP contribution < -0.4 is 14.8 Å². The van der Waals surface area contributed by atoms with Crippen LogP contribution in [-0.2, 0) is 9.53 Å². The molecular formula is C26H22N2O5. The third-order valence-electron chi connectivity index (χ3n) is 5.02. The monoisotopic (exact) mass is 442 g/mol. The number of rotatable bonds is 7. The first kappa shape index (κ1) is 21.8. The molecule has 0 bridgehead atoms. The molecular weight excluding hydrogens is 420 g/mol. The van der Waals surface area contributed by atoms with E-state index in [1.807, 2.05) is 30.3 Å². The number of benzene rings is 3. The first-order valence-electron chi connectivity index (χ1n) is 10.2. The number of pyridine rings is 1. The number of carbonyl (C=O) groups is 2. The molecule has 4 aromatic rings. The Morgan fingerprint density at radius 3 is 2.36 bits per heavy atom. The summed E-state index contributed by atoms with van der Waals surface area (Å²) in [5.41, 5.74) is 3.35. The molecule has 0 unspecified atom stereocenters. The maximum atomic E-state index is 12.7. The molecule has 1 heterocycles. The maximum absolute atomic E-state index is 12.7. The van der Waals surface area contributed by atoms with E-state index in [2.05, 4.69) is 5.32 Å². The van der Waals surface area contributed by atoms with Crippen molar-refractivity contribution in [2.75, 3.05) is 26.1 Å². The molecule has 1 amide bonds. The van der Waals surface area contributed by atoms with E-state index in [9.17, 15) is 9.59 Å². The summed E-state index contributed by atoms with van der Waals surface area (Å²) < 4.78 is 15.6. The number of methoxy groups -OCH3 is 2. The number of amides is 1. The predicted molar refractivity (Wildman–Crippen MR) is 126 cm³/mol. The molecule has 0 atom stereocenters. The van der Waals surface area contributed by atoms with Crippen molar-refractivity contribution in [3.8, 4) is 22.8 Å². The number of anilines is 1. The van der Waals surface area contributed by atoms with Crippen LogP contribution >= 0.6 is 0 Å². The van der Waals surface area contributed by atoms with E-state index in [4.69, 9.17) is 19.2 Å². The van der Waals surface area contributed by atoms with Crippen LogP contribution in [-0.4, -0.2) is 37.7 Å². The van der Waals surface area contributed by atoms with Crippen molar-refractivity contribution < 1.29 is 23.8 Å². The topological polar surface area (TPSA) is 86.8 Å². The van der Waals surface area contributed by atoms with Gasteiger partial charge in [-0.15, -0.1) is 0 Å². The van der Waals surface area contributed by atoms with Crippen molar-refractivity contribution in [1.29, 1.82) is 0 Å². The molecule has 7 heteroatoms. The smallest absolute Gasteiger partial charge is 0.343 e. The van der Waals surface area contributed by atoms with Crippen molar-refractivity contribution >= 4 is 28.5 Å². The lowest BCUT2D eigenvalue weighted by molar-refractivity contribution is -0.142. The highest BCUT2D eigenvalue weighted by Gasteiger charge is 2.13. The second kappa shape index (κ2) is 9.82. The number of nitrogens with zero attached hydrogens (tertiary/aromatic N) is 1. The third kappa shape index (κ3) is 5.10. The van der Waals surface area contributed by atoms with E-state index in [0.29, 0.717) is 39.3 Å². The molecule has 1 N–H and O–H groups in total. The Balaban J connectivity index is 1.68. The number of hydrogen-bond acceptors (Lipinski definition) is 6. The SMILES string of the molecule is COC(=O)COc1cc(-c2ccccc2)nc2ccc(NC(=O)c3ccc(OC)cc3)cc12. The zero-order valence-corrected chi connectivity index (χ0v) is 18.2. The zero-order chi connectivity index (χ0) is 23.2. The molecule has 1 aromatic heterocycles. The predicted octanol–water partition coefficient (Wildman–Crippen LogP) is 4.71. The summed E-state index contributed by atoms with van der Waals surface area (Å²) in [6.45, 7) is -0.244. The summed E-state index contributed by atoms with van der Waals surface area (Å²) in [5, 5.41) is 3.54. The molecule has 4 rings (SSSR count). The van der Waals surface area contributed by atoms with Gasteiger partial charge < -0.3 is 19.5 Å². The Kier molecular flexibility index (Phi) is 6.50. The van der Waals surface area contributed by atoms with Crippen LogP contribution in [0.5, 0.6) is 11.5 Å². The Morgan fingerprint density at radius 2 is 1.67 bits per heavy atom. The first-order valence-corrected chi connectivity index (χ1v) is 10.2. The summed E-state index contributed by atoms with van der Waals surface area (Å²) in [4.78, 5) is 29.1. The Morgan fingerprint density at radius 1 is 0.909 bits per heavy atom. The van der Waals surface area contributed by atoms with Gasteiger partial charge in [0.1, 0.15) is 11.5 Å². The second-order valence-electron chi connectivity index (χ2n) is 7.15. The molecule has 3 aromatic carbocycles. The molecule has 33 heavy (non-hydrogen) atoms. The lowest BCUT2D eigenvalue weighted by Crippen LogP contribution is -2.13. The van der Waals surface area contributed by atoms with Gasteiger partial charge in [0, 0.05) is 28.3 Å². The van der Waals surface area contributed by atoms with Crippen molar-refractivity contribution in [3.05, 3.63) is 84.4 Å². The van der Waals surface area contributed by atoms with E-state index >= 15 is 0 Å². The van der Waals surface area contributed by atoms with Crippen molar-refractivity contribution in [2.24, 2.45) is 0 Å². The lowest BCUT2D eigenvalue weighted by Gasteiger charge is -2.13. The summed E-state index contributed by atoms with van der Waals surface area (Å²) >= 11 is 0. The second-order valence-corrected chi connectivity index (χ2v) is 7.15. The normalized spacial score (nSPS) is 10.5. The van der Waals surface area contributed by atoms with Crippen LogP contribution in [0.2, 0.25) is 0 Å². The van der Waals surface area contributed by atoms with Crippen LogP contribution in [0, 0.1) is 0 Å². The van der Waals surface area contributed by atoms with Crippen LogP contribution in [0.3, 0.4) is 0 Å². The average Bonchev–Trinajstić information content (AvgIpc) is 2.87. The van der Waals surface area contributed by atoms with Crippen LogP contribution in [0.4, 0.5) is 5.69 Å². The van der Waals surface area contributed by atoms with Crippen LogP contribution in [0.15, 0.2) is 78.9 Å². The molecule has 166 valence electrons. The molecule has 0 aliphatic carbocycles. The van der Waals surface area contributed by atoms with Crippen LogP contribution in [0.1, 0.15) is 10.4 Å². The van der Waals surface area contributed by atoms with E-state index < -0.39 is 5.97 Å². The molecule has 0 saturated carbocycles. The summed E-state index contributed by atoms with van der Waals surface area (Å²) in [5.74, 6) is 0.378. The van der Waals surface area contributed by atoms with Gasteiger partial charge >= 0.3 is 5.97 Å². The van der Waals surface area contributed by atoms with Gasteiger partial charge in [-0.05, 0) is 42.5 Å². The number of carbonyl (C=O) groups excluding carboxylic acids is 2. The highest BCUT2D eigenvalue weighted by molar-refractivity contribution is 6.05. The minimum absolute atomic E-state index is 0.244. The summed E-state index contributed by atoms with van der Waals surface area (Å²) in [6, 6.07) is 23.6. The van der Waals surface area contributed by atoms with Gasteiger partial charge in [-0.3, -0.25) is 4.79 Å². The summed E-state index contributed by atoms with van der Waals surface area (Å²) in [7, 11) is 2.87. The molecule has 0 saturated heterocycles. The molecule has 0 aliphatic heterocycles. The zero-order valence-electron chi connectivity index (χ0n) is 18.2. The van der Waals surface area contributed by atoms with Crippen molar-refractivity contribution in [1.82, 2.24) is 4.98 Å². The van der Waals surface area contributed by atoms with Gasteiger partial charge in [-0.1, -0.05) is 30.3 Å². The molecule has 0 aliphatic rings. The minimum atomic E-state index is -0.495. The highest BCUT2D eigenvalue weighted by Crippen LogP contribution is 2.32. The number of hydrogen-bond donors (Lipinski definition) is 1. The van der Waals surface area contributed by atoms with Crippen molar-refractivity contribution in [2.45, 2.75) is 0 Å². The van der Waals surface area contributed by atoms with Gasteiger partial charge in [0.2, 0.25) is 0 Å².